The molecule has 0 unspecified atom stereocenters. The van der Waals surface area contributed by atoms with Crippen molar-refractivity contribution in [3.8, 4) is 0 Å². The zero-order chi connectivity index (χ0) is 20.5. The van der Waals surface area contributed by atoms with Crippen LogP contribution in [0.5, 0.6) is 0 Å². The second kappa shape index (κ2) is 7.90. The van der Waals surface area contributed by atoms with E-state index in [0.29, 0.717) is 25.9 Å². The number of carbonyl (C=O) groups excluding carboxylic acids is 3. The summed E-state index contributed by atoms with van der Waals surface area (Å²) < 4.78 is 29.1. The Balaban J connectivity index is 1.56. The van der Waals surface area contributed by atoms with Crippen LogP contribution in [0, 0.1) is 0 Å². The molecule has 0 spiro atoms. The molecule has 2 aliphatic heterocycles. The van der Waals surface area contributed by atoms with Crippen molar-refractivity contribution < 1.29 is 27.5 Å². The van der Waals surface area contributed by atoms with Crippen molar-refractivity contribution in [3.63, 3.8) is 0 Å². The first kappa shape index (κ1) is 20.3. The van der Waals surface area contributed by atoms with E-state index in [4.69, 9.17) is 4.74 Å². The van der Waals surface area contributed by atoms with Crippen LogP contribution in [-0.2, 0) is 30.6 Å². The molecule has 0 aliphatic carbocycles. The Morgan fingerprint density at radius 3 is 2.25 bits per heavy atom. The first-order chi connectivity index (χ1) is 13.2. The van der Waals surface area contributed by atoms with E-state index in [1.54, 1.807) is 30.9 Å². The maximum absolute atomic E-state index is 12.5. The van der Waals surface area contributed by atoms with Crippen LogP contribution in [0.3, 0.4) is 0 Å². The standard InChI is InChI=1S/C19H24N2O6S/c1-13(2)28(25,26)16-5-3-14(4-6-16)11-17(22)20-9-7-15(8-10-20)21-18(23)12-27-19(21)24/h3-6,13,15H,7-12H2,1-2H3. The SMILES string of the molecule is CC(C)S(=O)(=O)c1ccc(CC(=O)N2CCC(N3C(=O)COC3=O)CC2)cc1. The quantitative estimate of drug-likeness (QED) is 0.730. The van der Waals surface area contributed by atoms with Crippen LogP contribution in [0.15, 0.2) is 29.2 Å². The van der Waals surface area contributed by atoms with Gasteiger partial charge in [-0.2, -0.15) is 0 Å². The Morgan fingerprint density at radius 2 is 1.75 bits per heavy atom. The van der Waals surface area contributed by atoms with Gasteiger partial charge in [0.05, 0.1) is 16.6 Å². The zero-order valence-electron chi connectivity index (χ0n) is 16.0. The Hall–Kier alpha value is -2.42. The minimum Gasteiger partial charge on any atom is -0.439 e. The van der Waals surface area contributed by atoms with Gasteiger partial charge in [-0.25, -0.2) is 18.1 Å². The molecule has 8 nitrogen and oxygen atoms in total. The highest BCUT2D eigenvalue weighted by Crippen LogP contribution is 2.22. The number of piperidine rings is 1. The van der Waals surface area contributed by atoms with E-state index in [1.807, 2.05) is 0 Å². The fourth-order valence-electron chi connectivity index (χ4n) is 3.45. The smallest absolute Gasteiger partial charge is 0.417 e. The molecule has 3 amide bonds. The maximum Gasteiger partial charge on any atom is 0.417 e. The van der Waals surface area contributed by atoms with E-state index in [1.165, 1.54) is 12.1 Å². The van der Waals surface area contributed by atoms with Crippen LogP contribution in [0.25, 0.3) is 0 Å². The molecule has 2 aliphatic rings. The van der Waals surface area contributed by atoms with Gasteiger partial charge >= 0.3 is 6.09 Å². The summed E-state index contributed by atoms with van der Waals surface area (Å²) >= 11 is 0. The number of rotatable bonds is 5. The Bertz CT molecular complexity index is 854. The minimum absolute atomic E-state index is 0.0618. The number of benzene rings is 1. The lowest BCUT2D eigenvalue weighted by atomic mass is 10.0. The van der Waals surface area contributed by atoms with Crippen molar-refractivity contribution >= 4 is 27.7 Å². The summed E-state index contributed by atoms with van der Waals surface area (Å²) in [5, 5.41) is -0.499. The van der Waals surface area contributed by atoms with Crippen LogP contribution in [-0.4, -0.2) is 67.1 Å². The molecule has 1 aromatic rings. The minimum atomic E-state index is -3.33. The molecule has 0 aromatic heterocycles. The molecule has 0 saturated carbocycles. The predicted octanol–water partition coefficient (Wildman–Crippen LogP) is 1.38. The lowest BCUT2D eigenvalue weighted by Crippen LogP contribution is -2.48. The van der Waals surface area contributed by atoms with Crippen LogP contribution in [0.2, 0.25) is 0 Å². The summed E-state index contributed by atoms with van der Waals surface area (Å²) in [6.45, 7) is 3.97. The average Bonchev–Trinajstić information content (AvgIpc) is 3.00. The van der Waals surface area contributed by atoms with E-state index >= 15 is 0 Å². The number of cyclic esters (lactones) is 1. The highest BCUT2D eigenvalue weighted by Gasteiger charge is 2.38. The summed E-state index contributed by atoms with van der Waals surface area (Å²) in [5.74, 6) is -0.389. The number of nitrogens with zero attached hydrogens (tertiary/aromatic N) is 2. The fourth-order valence-corrected chi connectivity index (χ4v) is 4.51. The zero-order valence-corrected chi connectivity index (χ0v) is 16.8. The lowest BCUT2D eigenvalue weighted by molar-refractivity contribution is -0.132. The number of carbonyl (C=O) groups is 3. The van der Waals surface area contributed by atoms with Crippen molar-refractivity contribution in [3.05, 3.63) is 29.8 Å². The van der Waals surface area contributed by atoms with Crippen molar-refractivity contribution in [2.45, 2.75) is 49.3 Å². The Kier molecular flexibility index (Phi) is 5.74. The molecule has 9 heteroatoms. The molecule has 2 heterocycles. The summed E-state index contributed by atoms with van der Waals surface area (Å²) in [5.41, 5.74) is 0.744. The third-order valence-electron chi connectivity index (χ3n) is 5.19. The average molecular weight is 408 g/mol. The first-order valence-electron chi connectivity index (χ1n) is 9.29. The molecule has 0 bridgehead atoms. The Labute approximate surface area is 164 Å². The summed E-state index contributed by atoms with van der Waals surface area (Å²) in [7, 11) is -3.33. The molecule has 0 atom stereocenters. The summed E-state index contributed by atoms with van der Waals surface area (Å²) in [6, 6.07) is 6.17. The second-order valence-corrected chi connectivity index (χ2v) is 9.85. The van der Waals surface area contributed by atoms with Crippen molar-refractivity contribution in [1.82, 2.24) is 9.80 Å². The number of likely N-dealkylation sites (tertiary alicyclic amines) is 1. The van der Waals surface area contributed by atoms with Crippen LogP contribution in [0.4, 0.5) is 4.79 Å². The molecule has 3 rings (SSSR count). The van der Waals surface area contributed by atoms with Gasteiger partial charge in [0.15, 0.2) is 16.4 Å². The number of imide groups is 1. The highest BCUT2D eigenvalue weighted by molar-refractivity contribution is 7.92. The van der Waals surface area contributed by atoms with E-state index in [-0.39, 0.29) is 35.8 Å². The molecule has 28 heavy (non-hydrogen) atoms. The molecule has 1 aromatic carbocycles. The predicted molar refractivity (Wildman–Crippen MR) is 100 cm³/mol. The highest BCUT2D eigenvalue weighted by atomic mass is 32.2. The van der Waals surface area contributed by atoms with E-state index < -0.39 is 21.2 Å². The number of amides is 3. The number of ether oxygens (including phenoxy) is 1. The second-order valence-electron chi connectivity index (χ2n) is 7.34. The van der Waals surface area contributed by atoms with Gasteiger partial charge in [-0.1, -0.05) is 12.1 Å². The monoisotopic (exact) mass is 408 g/mol. The molecule has 152 valence electrons. The normalized spacial score (nSPS) is 18.7. The van der Waals surface area contributed by atoms with E-state index in [9.17, 15) is 22.8 Å². The fraction of sp³-hybridized carbons (Fsp3) is 0.526. The molecule has 0 radical (unpaired) electrons. The largest absolute Gasteiger partial charge is 0.439 e. The van der Waals surface area contributed by atoms with Gasteiger partial charge in [-0.05, 0) is 44.4 Å². The van der Waals surface area contributed by atoms with Crippen molar-refractivity contribution in [2.24, 2.45) is 0 Å². The summed E-state index contributed by atoms with van der Waals surface area (Å²) in [6.07, 6.45) is 0.624. The van der Waals surface area contributed by atoms with Gasteiger partial charge in [-0.3, -0.25) is 9.59 Å². The van der Waals surface area contributed by atoms with Gasteiger partial charge in [-0.15, -0.1) is 0 Å². The number of hydrogen-bond donors (Lipinski definition) is 0. The molecule has 2 fully saturated rings. The van der Waals surface area contributed by atoms with Gasteiger partial charge in [0, 0.05) is 19.1 Å². The van der Waals surface area contributed by atoms with Crippen LogP contribution < -0.4 is 0 Å². The van der Waals surface area contributed by atoms with Gasteiger partial charge < -0.3 is 9.64 Å². The first-order valence-corrected chi connectivity index (χ1v) is 10.8. The van der Waals surface area contributed by atoms with E-state index in [2.05, 4.69) is 0 Å². The topological polar surface area (TPSA) is 101 Å². The van der Waals surface area contributed by atoms with Crippen molar-refractivity contribution in [2.75, 3.05) is 19.7 Å². The van der Waals surface area contributed by atoms with Gasteiger partial charge in [0.25, 0.3) is 5.91 Å². The molecule has 2 saturated heterocycles. The lowest BCUT2D eigenvalue weighted by Gasteiger charge is -2.34. The molecular formula is C19H24N2O6S. The maximum atomic E-state index is 12.5. The molecule has 0 N–H and O–H groups in total. The third kappa shape index (κ3) is 4.04. The van der Waals surface area contributed by atoms with Crippen LogP contribution in [0.1, 0.15) is 32.3 Å². The van der Waals surface area contributed by atoms with E-state index in [0.717, 1.165) is 10.5 Å². The number of hydrogen-bond acceptors (Lipinski definition) is 6. The van der Waals surface area contributed by atoms with Crippen molar-refractivity contribution in [1.29, 1.82) is 0 Å². The third-order valence-corrected chi connectivity index (χ3v) is 7.37. The van der Waals surface area contributed by atoms with Gasteiger partial charge in [0.2, 0.25) is 5.91 Å². The Morgan fingerprint density at radius 1 is 1.14 bits per heavy atom. The van der Waals surface area contributed by atoms with Crippen LogP contribution >= 0.6 is 0 Å². The van der Waals surface area contributed by atoms with Gasteiger partial charge in [0.1, 0.15) is 0 Å². The number of sulfone groups is 1. The summed E-state index contributed by atoms with van der Waals surface area (Å²) in [4.78, 5) is 39.1. The molecular weight excluding hydrogens is 384 g/mol.